The number of hydrogen-bond acceptors (Lipinski definition) is 4. The van der Waals surface area contributed by atoms with Gasteiger partial charge in [-0.2, -0.15) is 0 Å². The van der Waals surface area contributed by atoms with Crippen LogP contribution in [0.25, 0.3) is 11.3 Å². The van der Waals surface area contributed by atoms with Gasteiger partial charge >= 0.3 is 0 Å². The Labute approximate surface area is 144 Å². The number of rotatable bonds is 4. The third-order valence-electron chi connectivity index (χ3n) is 3.56. The van der Waals surface area contributed by atoms with E-state index in [1.807, 2.05) is 6.07 Å². The number of carbonyl (C=O) groups is 1. The van der Waals surface area contributed by atoms with Gasteiger partial charge in [0.2, 0.25) is 0 Å². The van der Waals surface area contributed by atoms with Crippen molar-refractivity contribution in [2.45, 2.75) is 11.8 Å². The quantitative estimate of drug-likeness (QED) is 0.527. The number of aryl methyl sites for hydroxylation is 1. The van der Waals surface area contributed by atoms with Crippen LogP contribution >= 0.6 is 11.6 Å². The summed E-state index contributed by atoms with van der Waals surface area (Å²) in [5.74, 6) is 0. The third-order valence-corrected chi connectivity index (χ3v) is 5.59. The Hall–Kier alpha value is -2.44. The van der Waals surface area contributed by atoms with E-state index in [-0.39, 0.29) is 15.6 Å². The topological polar surface area (TPSA) is 69.0 Å². The van der Waals surface area contributed by atoms with Crippen LogP contribution in [0.1, 0.15) is 15.9 Å². The summed E-state index contributed by atoms with van der Waals surface area (Å²) in [6, 6.07) is 12.0. The Morgan fingerprint density at radius 1 is 1.17 bits per heavy atom. The van der Waals surface area contributed by atoms with E-state index in [1.54, 1.807) is 31.2 Å². The second-order valence-electron chi connectivity index (χ2n) is 5.22. The van der Waals surface area contributed by atoms with Crippen LogP contribution in [0.2, 0.25) is 5.15 Å². The number of benzene rings is 1. The number of aromatic nitrogens is 2. The molecule has 0 radical (unpaired) electrons. The summed E-state index contributed by atoms with van der Waals surface area (Å²) in [7, 11) is -3.91. The lowest BCUT2D eigenvalue weighted by Gasteiger charge is -2.11. The summed E-state index contributed by atoms with van der Waals surface area (Å²) in [4.78, 5) is 15.0. The Morgan fingerprint density at radius 2 is 1.88 bits per heavy atom. The monoisotopic (exact) mass is 360 g/mol. The number of aldehydes is 1. The molecule has 0 aliphatic rings. The molecule has 0 saturated heterocycles. The lowest BCUT2D eigenvalue weighted by atomic mass is 10.1. The van der Waals surface area contributed by atoms with E-state index < -0.39 is 10.0 Å². The molecule has 3 rings (SSSR count). The molecular formula is C17H13ClN2O3S. The predicted octanol–water partition coefficient (Wildman–Crippen LogP) is 3.56. The second-order valence-corrected chi connectivity index (χ2v) is 7.40. The SMILES string of the molecule is Cc1cc(S(=O)(=O)n2cc(C=O)cc2-c2ccccc2)cnc1Cl. The van der Waals surface area contributed by atoms with Gasteiger partial charge in [0.25, 0.3) is 10.0 Å². The Morgan fingerprint density at radius 3 is 2.50 bits per heavy atom. The minimum absolute atomic E-state index is 0.00892. The molecule has 3 aromatic rings. The molecule has 2 aromatic heterocycles. The molecule has 0 aliphatic carbocycles. The summed E-state index contributed by atoms with van der Waals surface area (Å²) in [6.45, 7) is 1.68. The lowest BCUT2D eigenvalue weighted by Crippen LogP contribution is -2.14. The number of halogens is 1. The van der Waals surface area contributed by atoms with Crippen molar-refractivity contribution in [3.05, 3.63) is 71.1 Å². The average molecular weight is 361 g/mol. The number of carbonyl (C=O) groups excluding carboxylic acids is 1. The fraction of sp³-hybridized carbons (Fsp3) is 0.0588. The molecule has 7 heteroatoms. The van der Waals surface area contributed by atoms with Crippen molar-refractivity contribution in [2.75, 3.05) is 0 Å². The molecule has 0 atom stereocenters. The summed E-state index contributed by atoms with van der Waals surface area (Å²) < 4.78 is 27.1. The zero-order chi connectivity index (χ0) is 17.3. The first-order valence-electron chi connectivity index (χ1n) is 7.04. The normalized spacial score (nSPS) is 11.4. The van der Waals surface area contributed by atoms with E-state index in [1.165, 1.54) is 24.5 Å². The highest BCUT2D eigenvalue weighted by Crippen LogP contribution is 2.27. The van der Waals surface area contributed by atoms with E-state index in [0.29, 0.717) is 23.1 Å². The van der Waals surface area contributed by atoms with Gasteiger partial charge in [0.05, 0.1) is 5.69 Å². The maximum atomic E-state index is 13.0. The largest absolute Gasteiger partial charge is 0.298 e. The van der Waals surface area contributed by atoms with Crippen LogP contribution in [0.3, 0.4) is 0 Å². The fourth-order valence-electron chi connectivity index (χ4n) is 2.33. The first kappa shape index (κ1) is 16.4. The molecule has 122 valence electrons. The summed E-state index contributed by atoms with van der Waals surface area (Å²) in [5, 5.41) is 0.248. The van der Waals surface area contributed by atoms with E-state index in [2.05, 4.69) is 4.98 Å². The van der Waals surface area contributed by atoms with E-state index >= 15 is 0 Å². The predicted molar refractivity (Wildman–Crippen MR) is 91.8 cm³/mol. The number of nitrogens with zero attached hydrogens (tertiary/aromatic N) is 2. The Balaban J connectivity index is 2.23. The minimum Gasteiger partial charge on any atom is -0.298 e. The average Bonchev–Trinajstić information content (AvgIpc) is 3.03. The van der Waals surface area contributed by atoms with Crippen molar-refractivity contribution < 1.29 is 13.2 Å². The summed E-state index contributed by atoms with van der Waals surface area (Å²) in [6.07, 6.45) is 3.12. The smallest absolute Gasteiger partial charge is 0.269 e. The fourth-order valence-corrected chi connectivity index (χ4v) is 3.85. The van der Waals surface area contributed by atoms with Crippen LogP contribution in [-0.4, -0.2) is 23.7 Å². The van der Waals surface area contributed by atoms with Crippen LogP contribution in [0, 0.1) is 6.92 Å². The van der Waals surface area contributed by atoms with Crippen molar-refractivity contribution in [2.24, 2.45) is 0 Å². The van der Waals surface area contributed by atoms with Crippen LogP contribution in [0.15, 0.2) is 59.8 Å². The van der Waals surface area contributed by atoms with Gasteiger partial charge in [-0.25, -0.2) is 17.4 Å². The van der Waals surface area contributed by atoms with Gasteiger partial charge in [-0.15, -0.1) is 0 Å². The molecule has 0 saturated carbocycles. The van der Waals surface area contributed by atoms with Crippen LogP contribution in [-0.2, 0) is 10.0 Å². The number of pyridine rings is 1. The van der Waals surface area contributed by atoms with Crippen LogP contribution < -0.4 is 0 Å². The van der Waals surface area contributed by atoms with Gasteiger partial charge in [-0.3, -0.25) is 4.79 Å². The lowest BCUT2D eigenvalue weighted by molar-refractivity contribution is 0.112. The highest BCUT2D eigenvalue weighted by molar-refractivity contribution is 7.90. The second kappa shape index (κ2) is 6.22. The van der Waals surface area contributed by atoms with Crippen LogP contribution in [0.5, 0.6) is 0 Å². The van der Waals surface area contributed by atoms with Gasteiger partial charge in [-0.05, 0) is 30.2 Å². The van der Waals surface area contributed by atoms with E-state index in [0.717, 1.165) is 3.97 Å². The molecule has 5 nitrogen and oxygen atoms in total. The minimum atomic E-state index is -3.91. The van der Waals surface area contributed by atoms with E-state index in [4.69, 9.17) is 11.6 Å². The van der Waals surface area contributed by atoms with Gasteiger partial charge < -0.3 is 0 Å². The Bertz CT molecular complexity index is 1010. The zero-order valence-corrected chi connectivity index (χ0v) is 14.3. The maximum Gasteiger partial charge on any atom is 0.269 e. The molecule has 0 spiro atoms. The van der Waals surface area contributed by atoms with Gasteiger partial charge in [-0.1, -0.05) is 41.9 Å². The van der Waals surface area contributed by atoms with Crippen molar-refractivity contribution in [3.63, 3.8) is 0 Å². The maximum absolute atomic E-state index is 13.0. The molecular weight excluding hydrogens is 348 g/mol. The highest BCUT2D eigenvalue weighted by Gasteiger charge is 2.22. The third kappa shape index (κ3) is 2.86. The van der Waals surface area contributed by atoms with Crippen molar-refractivity contribution in [3.8, 4) is 11.3 Å². The summed E-state index contributed by atoms with van der Waals surface area (Å²) in [5.41, 5.74) is 1.93. The molecule has 0 unspecified atom stereocenters. The molecule has 1 aromatic carbocycles. The van der Waals surface area contributed by atoms with Crippen molar-refractivity contribution in [1.29, 1.82) is 0 Å². The van der Waals surface area contributed by atoms with Crippen LogP contribution in [0.4, 0.5) is 0 Å². The standard InChI is InChI=1S/C17H13ClN2O3S/c1-12-7-15(9-19-17(12)18)24(22,23)20-10-13(11-21)8-16(20)14-5-3-2-4-6-14/h2-11H,1H3. The molecule has 24 heavy (non-hydrogen) atoms. The molecule has 0 amide bonds. The van der Waals surface area contributed by atoms with E-state index in [9.17, 15) is 13.2 Å². The van der Waals surface area contributed by atoms with Gasteiger partial charge in [0.1, 0.15) is 10.0 Å². The van der Waals surface area contributed by atoms with Gasteiger partial charge in [0.15, 0.2) is 6.29 Å². The molecule has 0 fully saturated rings. The summed E-state index contributed by atoms with van der Waals surface area (Å²) >= 11 is 5.87. The van der Waals surface area contributed by atoms with Gasteiger partial charge in [0, 0.05) is 18.0 Å². The highest BCUT2D eigenvalue weighted by atomic mass is 35.5. The first-order valence-corrected chi connectivity index (χ1v) is 8.86. The van der Waals surface area contributed by atoms with Crippen molar-refractivity contribution in [1.82, 2.24) is 8.96 Å². The molecule has 2 heterocycles. The molecule has 0 aliphatic heterocycles. The number of hydrogen-bond donors (Lipinski definition) is 0. The van der Waals surface area contributed by atoms with Crippen molar-refractivity contribution >= 4 is 27.9 Å². The first-order chi connectivity index (χ1) is 11.4. The zero-order valence-electron chi connectivity index (χ0n) is 12.7. The molecule has 0 bridgehead atoms. The molecule has 0 N–H and O–H groups in total. The Kier molecular flexibility index (Phi) is 4.26.